The third-order valence-corrected chi connectivity index (χ3v) is 7.79. The number of rotatable bonds is 6. The van der Waals surface area contributed by atoms with Gasteiger partial charge in [-0.15, -0.1) is 0 Å². The van der Waals surface area contributed by atoms with Gasteiger partial charge in [-0.05, 0) is 18.1 Å². The minimum absolute atomic E-state index is 0.173. The van der Waals surface area contributed by atoms with Gasteiger partial charge in [0.25, 0.3) is 0 Å². The first-order chi connectivity index (χ1) is 12.6. The molecule has 2 unspecified atom stereocenters. The molecule has 0 aliphatic carbocycles. The molecule has 2 atom stereocenters. The minimum Gasteiger partial charge on any atom is -0.460 e. The molecule has 8 heteroatoms. The van der Waals surface area contributed by atoms with E-state index in [2.05, 4.69) is 5.32 Å². The molecule has 0 spiro atoms. The fraction of sp³-hybridized carbons (Fsp3) is 0.500. The van der Waals surface area contributed by atoms with Gasteiger partial charge in [0.15, 0.2) is 0 Å². The summed E-state index contributed by atoms with van der Waals surface area (Å²) in [5, 5.41) is 2.45. The van der Waals surface area contributed by atoms with Crippen molar-refractivity contribution in [3.05, 3.63) is 42.0 Å². The SMILES string of the molecule is O=C(OC/C=C/c1ccccc1)C1CC(S(=O)(=O)N2CCSCC2)CN1. The summed E-state index contributed by atoms with van der Waals surface area (Å²) >= 11 is 1.77. The minimum atomic E-state index is -3.35. The van der Waals surface area contributed by atoms with Crippen LogP contribution in [-0.2, 0) is 19.6 Å². The smallest absolute Gasteiger partial charge is 0.323 e. The van der Waals surface area contributed by atoms with Crippen molar-refractivity contribution in [2.75, 3.05) is 37.7 Å². The molecule has 0 radical (unpaired) electrons. The number of sulfonamides is 1. The van der Waals surface area contributed by atoms with Gasteiger partial charge >= 0.3 is 5.97 Å². The van der Waals surface area contributed by atoms with Gasteiger partial charge < -0.3 is 10.1 Å². The van der Waals surface area contributed by atoms with E-state index in [-0.39, 0.29) is 13.0 Å². The summed E-state index contributed by atoms with van der Waals surface area (Å²) in [7, 11) is -3.35. The molecule has 1 aromatic rings. The summed E-state index contributed by atoms with van der Waals surface area (Å²) < 4.78 is 32.2. The highest BCUT2D eigenvalue weighted by Gasteiger charge is 2.41. The number of ether oxygens (including phenoxy) is 1. The molecule has 0 saturated carbocycles. The first-order valence-electron chi connectivity index (χ1n) is 8.75. The number of benzene rings is 1. The highest BCUT2D eigenvalue weighted by Crippen LogP contribution is 2.22. The van der Waals surface area contributed by atoms with E-state index < -0.39 is 27.3 Å². The predicted molar refractivity (Wildman–Crippen MR) is 104 cm³/mol. The van der Waals surface area contributed by atoms with E-state index in [4.69, 9.17) is 4.74 Å². The van der Waals surface area contributed by atoms with Gasteiger partial charge in [0.2, 0.25) is 10.0 Å². The lowest BCUT2D eigenvalue weighted by atomic mass is 10.2. The van der Waals surface area contributed by atoms with Crippen LogP contribution in [0.2, 0.25) is 0 Å². The Morgan fingerprint density at radius 2 is 2.00 bits per heavy atom. The molecule has 0 amide bonds. The second kappa shape index (κ2) is 9.03. The molecule has 6 nitrogen and oxygen atoms in total. The Kier molecular flexibility index (Phi) is 6.74. The van der Waals surface area contributed by atoms with E-state index in [9.17, 15) is 13.2 Å². The van der Waals surface area contributed by atoms with E-state index in [0.29, 0.717) is 19.6 Å². The molecule has 1 N–H and O–H groups in total. The number of carbonyl (C=O) groups is 1. The lowest BCUT2D eigenvalue weighted by Gasteiger charge is -2.28. The number of esters is 1. The van der Waals surface area contributed by atoms with Crippen LogP contribution in [0, 0.1) is 0 Å². The fourth-order valence-corrected chi connectivity index (χ4v) is 6.09. The first kappa shape index (κ1) is 19.4. The molecule has 1 aromatic carbocycles. The summed E-state index contributed by atoms with van der Waals surface area (Å²) in [5.74, 6) is 1.27. The Balaban J connectivity index is 1.47. The van der Waals surface area contributed by atoms with E-state index in [1.54, 1.807) is 22.1 Å². The monoisotopic (exact) mass is 396 g/mol. The Morgan fingerprint density at radius 1 is 1.27 bits per heavy atom. The second-order valence-electron chi connectivity index (χ2n) is 6.32. The Bertz CT molecular complexity index is 731. The van der Waals surface area contributed by atoms with Crippen LogP contribution in [0.25, 0.3) is 6.08 Å². The van der Waals surface area contributed by atoms with Crippen LogP contribution in [0.1, 0.15) is 12.0 Å². The fourth-order valence-electron chi connectivity index (χ4n) is 3.10. The van der Waals surface area contributed by atoms with Crippen molar-refractivity contribution in [3.63, 3.8) is 0 Å². The molecule has 142 valence electrons. The van der Waals surface area contributed by atoms with Gasteiger partial charge in [0.05, 0.1) is 5.25 Å². The number of nitrogens with zero attached hydrogens (tertiary/aromatic N) is 1. The van der Waals surface area contributed by atoms with Crippen LogP contribution in [0.4, 0.5) is 0 Å². The molecular weight excluding hydrogens is 372 g/mol. The zero-order valence-electron chi connectivity index (χ0n) is 14.5. The number of hydrogen-bond donors (Lipinski definition) is 1. The molecule has 3 rings (SSSR count). The van der Waals surface area contributed by atoms with Crippen LogP contribution >= 0.6 is 11.8 Å². The van der Waals surface area contributed by atoms with Crippen LogP contribution in [-0.4, -0.2) is 67.7 Å². The van der Waals surface area contributed by atoms with Gasteiger partial charge in [-0.25, -0.2) is 8.42 Å². The van der Waals surface area contributed by atoms with Crippen molar-refractivity contribution in [2.24, 2.45) is 0 Å². The maximum Gasteiger partial charge on any atom is 0.323 e. The predicted octanol–water partition coefficient (Wildman–Crippen LogP) is 1.35. The zero-order valence-corrected chi connectivity index (χ0v) is 16.2. The highest BCUT2D eigenvalue weighted by atomic mass is 32.2. The van der Waals surface area contributed by atoms with Gasteiger partial charge in [-0.2, -0.15) is 16.1 Å². The molecular formula is C18H24N2O4S2. The maximum absolute atomic E-state index is 12.7. The highest BCUT2D eigenvalue weighted by molar-refractivity contribution is 7.99. The van der Waals surface area contributed by atoms with Gasteiger partial charge in [0.1, 0.15) is 12.6 Å². The molecule has 2 heterocycles. The van der Waals surface area contributed by atoms with E-state index >= 15 is 0 Å². The number of nitrogens with one attached hydrogen (secondary N) is 1. The zero-order chi connectivity index (χ0) is 18.4. The Labute approximate surface area is 159 Å². The van der Waals surface area contributed by atoms with E-state index in [1.165, 1.54) is 0 Å². The van der Waals surface area contributed by atoms with E-state index in [0.717, 1.165) is 17.1 Å². The number of carbonyl (C=O) groups excluding carboxylic acids is 1. The van der Waals surface area contributed by atoms with Crippen LogP contribution in [0.3, 0.4) is 0 Å². The number of hydrogen-bond acceptors (Lipinski definition) is 6. The largest absolute Gasteiger partial charge is 0.460 e. The third-order valence-electron chi connectivity index (χ3n) is 4.56. The maximum atomic E-state index is 12.7. The Morgan fingerprint density at radius 3 is 2.73 bits per heavy atom. The molecule has 0 bridgehead atoms. The quantitative estimate of drug-likeness (QED) is 0.732. The normalized spacial score (nSPS) is 24.8. The van der Waals surface area contributed by atoms with Gasteiger partial charge in [0, 0.05) is 31.1 Å². The molecule has 2 saturated heterocycles. The van der Waals surface area contributed by atoms with Crippen molar-refractivity contribution in [1.82, 2.24) is 9.62 Å². The van der Waals surface area contributed by atoms with Crippen molar-refractivity contribution in [2.45, 2.75) is 17.7 Å². The molecule has 0 aromatic heterocycles. The average Bonchev–Trinajstić information content (AvgIpc) is 3.18. The topological polar surface area (TPSA) is 75.7 Å². The standard InChI is InChI=1S/C18H24N2O4S2/c21-18(24-10-4-7-15-5-2-1-3-6-15)17-13-16(14-19-17)26(22,23)20-8-11-25-12-9-20/h1-7,16-17,19H,8-14H2/b7-4+. The van der Waals surface area contributed by atoms with Crippen molar-refractivity contribution in [3.8, 4) is 0 Å². The lowest BCUT2D eigenvalue weighted by molar-refractivity contribution is -0.144. The average molecular weight is 397 g/mol. The molecule has 2 aliphatic rings. The van der Waals surface area contributed by atoms with Crippen LogP contribution in [0.5, 0.6) is 0 Å². The summed E-state index contributed by atoms with van der Waals surface area (Å²) in [6, 6.07) is 9.19. The van der Waals surface area contributed by atoms with Gasteiger partial charge in [-0.3, -0.25) is 4.79 Å². The second-order valence-corrected chi connectivity index (χ2v) is 9.76. The summed E-state index contributed by atoms with van der Waals surface area (Å²) in [5.41, 5.74) is 1.04. The van der Waals surface area contributed by atoms with Crippen molar-refractivity contribution < 1.29 is 17.9 Å². The third kappa shape index (κ3) is 4.88. The lowest BCUT2D eigenvalue weighted by Crippen LogP contribution is -2.44. The Hall–Kier alpha value is -1.35. The summed E-state index contributed by atoms with van der Waals surface area (Å²) in [4.78, 5) is 12.2. The van der Waals surface area contributed by atoms with Crippen LogP contribution < -0.4 is 5.32 Å². The van der Waals surface area contributed by atoms with Gasteiger partial charge in [-0.1, -0.05) is 36.4 Å². The molecule has 2 fully saturated rings. The molecule has 2 aliphatic heterocycles. The summed E-state index contributed by atoms with van der Waals surface area (Å²) in [6.07, 6.45) is 3.94. The van der Waals surface area contributed by atoms with Crippen LogP contribution in [0.15, 0.2) is 36.4 Å². The summed E-state index contributed by atoms with van der Waals surface area (Å²) in [6.45, 7) is 1.59. The van der Waals surface area contributed by atoms with Crippen molar-refractivity contribution >= 4 is 33.8 Å². The van der Waals surface area contributed by atoms with Crippen molar-refractivity contribution in [1.29, 1.82) is 0 Å². The molecule has 26 heavy (non-hydrogen) atoms. The number of thioether (sulfide) groups is 1. The first-order valence-corrected chi connectivity index (χ1v) is 11.4. The van der Waals surface area contributed by atoms with E-state index in [1.807, 2.05) is 36.4 Å².